The van der Waals surface area contributed by atoms with Gasteiger partial charge in [-0.2, -0.15) is 0 Å². The van der Waals surface area contributed by atoms with Crippen molar-refractivity contribution in [3.05, 3.63) is 24.0 Å². The van der Waals surface area contributed by atoms with Crippen LogP contribution in [-0.2, 0) is 14.8 Å². The Morgan fingerprint density at radius 3 is 2.88 bits per heavy atom. The highest BCUT2D eigenvalue weighted by Gasteiger charge is 2.20. The summed E-state index contributed by atoms with van der Waals surface area (Å²) < 4.78 is 51.7. The number of likely N-dealkylation sites (N-methyl/N-ethyl adjacent to an activating group) is 1. The lowest BCUT2D eigenvalue weighted by Gasteiger charge is -2.14. The van der Waals surface area contributed by atoms with Gasteiger partial charge in [0.2, 0.25) is 10.0 Å². The molecule has 0 amide bonds. The highest BCUT2D eigenvalue weighted by Crippen LogP contribution is 2.23. The Morgan fingerprint density at radius 1 is 1.46 bits per heavy atom. The molecule has 2 atom stereocenters. The van der Waals surface area contributed by atoms with Gasteiger partial charge in [-0.1, -0.05) is 6.92 Å². The smallest absolute Gasteiger partial charge is 0.240 e. The van der Waals surface area contributed by atoms with E-state index in [9.17, 15) is 12.8 Å². The zero-order valence-electron chi connectivity index (χ0n) is 14.0. The van der Waals surface area contributed by atoms with E-state index >= 15 is 0 Å². The van der Waals surface area contributed by atoms with E-state index in [2.05, 4.69) is 10.0 Å². The molecule has 1 aromatic rings. The van der Waals surface area contributed by atoms with E-state index in [1.54, 1.807) is 0 Å². The number of sulfonamides is 1. The first kappa shape index (κ1) is 19.1. The van der Waals surface area contributed by atoms with Crippen molar-refractivity contribution < 1.29 is 22.3 Å². The highest BCUT2D eigenvalue weighted by atomic mass is 32.2. The van der Waals surface area contributed by atoms with Gasteiger partial charge in [0.1, 0.15) is 0 Å². The molecule has 0 spiro atoms. The van der Waals surface area contributed by atoms with Gasteiger partial charge in [0.05, 0.1) is 18.1 Å². The molecule has 2 N–H and O–H groups in total. The molecule has 0 bridgehead atoms. The van der Waals surface area contributed by atoms with Gasteiger partial charge in [-0.05, 0) is 38.1 Å². The van der Waals surface area contributed by atoms with Crippen LogP contribution in [0, 0.1) is 11.7 Å². The monoisotopic (exact) mass is 360 g/mol. The molecule has 0 aliphatic carbocycles. The molecule has 0 aromatic heterocycles. The van der Waals surface area contributed by atoms with Crippen molar-refractivity contribution >= 4 is 10.0 Å². The fraction of sp³-hybridized carbons (Fsp3) is 0.625. The molecule has 1 saturated heterocycles. The number of nitrogens with one attached hydrogen (secondary N) is 2. The number of halogens is 1. The third kappa shape index (κ3) is 5.41. The first-order chi connectivity index (χ1) is 11.4. The van der Waals surface area contributed by atoms with Crippen LogP contribution < -0.4 is 14.8 Å². The van der Waals surface area contributed by atoms with Crippen LogP contribution in [0.25, 0.3) is 0 Å². The maximum atomic E-state index is 14.1. The van der Waals surface area contributed by atoms with Gasteiger partial charge in [-0.25, -0.2) is 17.5 Å². The van der Waals surface area contributed by atoms with E-state index in [4.69, 9.17) is 9.47 Å². The van der Waals surface area contributed by atoms with Gasteiger partial charge >= 0.3 is 0 Å². The molecule has 1 aliphatic rings. The molecule has 0 saturated carbocycles. The van der Waals surface area contributed by atoms with Crippen molar-refractivity contribution in [2.75, 3.05) is 32.9 Å². The molecule has 1 fully saturated rings. The summed E-state index contributed by atoms with van der Waals surface area (Å²) in [6, 6.07) is 3.68. The highest BCUT2D eigenvalue weighted by molar-refractivity contribution is 7.89. The predicted molar refractivity (Wildman–Crippen MR) is 89.1 cm³/mol. The molecule has 1 aromatic carbocycles. The Hall–Kier alpha value is -1.22. The Morgan fingerprint density at radius 2 is 2.25 bits per heavy atom. The zero-order chi connectivity index (χ0) is 17.6. The predicted octanol–water partition coefficient (Wildman–Crippen LogP) is 1.52. The first-order valence-electron chi connectivity index (χ1n) is 8.15. The molecule has 1 unspecified atom stereocenters. The number of hydrogen-bond acceptors (Lipinski definition) is 5. The van der Waals surface area contributed by atoms with Gasteiger partial charge in [-0.3, -0.25) is 0 Å². The summed E-state index contributed by atoms with van der Waals surface area (Å²) in [6.07, 6.45) is 0.891. The van der Waals surface area contributed by atoms with Crippen LogP contribution in [0.1, 0.15) is 20.3 Å². The number of ether oxygens (including phenoxy) is 2. The SMILES string of the molecule is CCN[C@H](C)CNS(=O)(=O)c1ccc(OCC2CCOC2)c(F)c1. The van der Waals surface area contributed by atoms with Crippen molar-refractivity contribution in [3.63, 3.8) is 0 Å². The summed E-state index contributed by atoms with van der Waals surface area (Å²) in [6.45, 7) is 6.47. The van der Waals surface area contributed by atoms with Crippen LogP contribution >= 0.6 is 0 Å². The maximum Gasteiger partial charge on any atom is 0.240 e. The largest absolute Gasteiger partial charge is 0.490 e. The fourth-order valence-corrected chi connectivity index (χ4v) is 3.57. The molecule has 1 heterocycles. The minimum Gasteiger partial charge on any atom is -0.490 e. The van der Waals surface area contributed by atoms with Crippen molar-refractivity contribution in [2.45, 2.75) is 31.2 Å². The molecule has 2 rings (SSSR count). The third-order valence-corrected chi connectivity index (χ3v) is 5.27. The Labute approximate surface area is 142 Å². The molecule has 8 heteroatoms. The van der Waals surface area contributed by atoms with Crippen molar-refractivity contribution in [3.8, 4) is 5.75 Å². The van der Waals surface area contributed by atoms with Crippen LogP contribution in [0.5, 0.6) is 5.75 Å². The quantitative estimate of drug-likeness (QED) is 0.698. The fourth-order valence-electron chi connectivity index (χ4n) is 2.43. The van der Waals surface area contributed by atoms with Gasteiger partial charge in [0.15, 0.2) is 11.6 Å². The second-order valence-electron chi connectivity index (χ2n) is 5.94. The lowest BCUT2D eigenvalue weighted by molar-refractivity contribution is 0.165. The molecular formula is C16H25FN2O4S. The van der Waals surface area contributed by atoms with Gasteiger partial charge in [0, 0.05) is 25.1 Å². The molecule has 0 radical (unpaired) electrons. The summed E-state index contributed by atoms with van der Waals surface area (Å²) in [4.78, 5) is -0.111. The Balaban J connectivity index is 1.96. The number of benzene rings is 1. The molecule has 136 valence electrons. The van der Waals surface area contributed by atoms with Crippen LogP contribution in [0.3, 0.4) is 0 Å². The van der Waals surface area contributed by atoms with Gasteiger partial charge in [-0.15, -0.1) is 0 Å². The number of rotatable bonds is 9. The summed E-state index contributed by atoms with van der Waals surface area (Å²) in [5.41, 5.74) is 0. The second kappa shape index (κ2) is 8.75. The lowest BCUT2D eigenvalue weighted by Crippen LogP contribution is -2.38. The third-order valence-electron chi connectivity index (χ3n) is 3.84. The van der Waals surface area contributed by atoms with E-state index in [0.29, 0.717) is 19.8 Å². The Kier molecular flexibility index (Phi) is 6.97. The van der Waals surface area contributed by atoms with Crippen molar-refractivity contribution in [1.29, 1.82) is 0 Å². The molecule has 24 heavy (non-hydrogen) atoms. The summed E-state index contributed by atoms with van der Waals surface area (Å²) >= 11 is 0. The summed E-state index contributed by atoms with van der Waals surface area (Å²) in [5, 5.41) is 3.10. The van der Waals surface area contributed by atoms with Crippen LogP contribution in [0.4, 0.5) is 4.39 Å². The van der Waals surface area contributed by atoms with E-state index in [0.717, 1.165) is 19.0 Å². The normalized spacial score (nSPS) is 19.4. The van der Waals surface area contributed by atoms with Crippen molar-refractivity contribution in [2.24, 2.45) is 5.92 Å². The van der Waals surface area contributed by atoms with E-state index in [-0.39, 0.29) is 29.1 Å². The van der Waals surface area contributed by atoms with E-state index in [1.807, 2.05) is 13.8 Å². The van der Waals surface area contributed by atoms with Crippen molar-refractivity contribution in [1.82, 2.24) is 10.0 Å². The average Bonchev–Trinajstić information content (AvgIpc) is 3.05. The molecule has 6 nitrogen and oxygen atoms in total. The summed E-state index contributed by atoms with van der Waals surface area (Å²) in [7, 11) is -3.75. The molecular weight excluding hydrogens is 335 g/mol. The zero-order valence-corrected chi connectivity index (χ0v) is 14.9. The number of hydrogen-bond donors (Lipinski definition) is 2. The average molecular weight is 360 g/mol. The van der Waals surface area contributed by atoms with Crippen LogP contribution in [-0.4, -0.2) is 47.4 Å². The van der Waals surface area contributed by atoms with Crippen LogP contribution in [0.15, 0.2) is 23.1 Å². The minimum atomic E-state index is -3.75. The molecule has 1 aliphatic heterocycles. The summed E-state index contributed by atoms with van der Waals surface area (Å²) in [5.74, 6) is -0.375. The van der Waals surface area contributed by atoms with Crippen LogP contribution in [0.2, 0.25) is 0 Å². The topological polar surface area (TPSA) is 76.7 Å². The standard InChI is InChI=1S/C16H25FN2O4S/c1-3-18-12(2)9-19-24(20,21)14-4-5-16(15(17)8-14)23-11-13-6-7-22-10-13/h4-5,8,12-13,18-19H,3,6-7,9-11H2,1-2H3/t12-,13?/m1/s1. The Bertz CT molecular complexity index is 633. The van der Waals surface area contributed by atoms with Gasteiger partial charge < -0.3 is 14.8 Å². The first-order valence-corrected chi connectivity index (χ1v) is 9.64. The second-order valence-corrected chi connectivity index (χ2v) is 7.71. The van der Waals surface area contributed by atoms with Gasteiger partial charge in [0.25, 0.3) is 0 Å². The van der Waals surface area contributed by atoms with E-state index in [1.165, 1.54) is 12.1 Å². The lowest BCUT2D eigenvalue weighted by atomic mass is 10.1. The minimum absolute atomic E-state index is 0.00846. The maximum absolute atomic E-state index is 14.1. The van der Waals surface area contributed by atoms with E-state index < -0.39 is 15.8 Å².